The van der Waals surface area contributed by atoms with Crippen LogP contribution >= 0.6 is 11.6 Å². The van der Waals surface area contributed by atoms with Crippen LogP contribution < -0.4 is 4.90 Å². The van der Waals surface area contributed by atoms with E-state index >= 15 is 0 Å². The third-order valence-electron chi connectivity index (χ3n) is 2.85. The highest BCUT2D eigenvalue weighted by molar-refractivity contribution is 6.30. The predicted octanol–water partition coefficient (Wildman–Crippen LogP) is 2.26. The molecule has 0 saturated carbocycles. The van der Waals surface area contributed by atoms with Gasteiger partial charge in [0, 0.05) is 31.3 Å². The molecule has 0 aromatic heterocycles. The molecule has 116 valence electrons. The minimum Gasteiger partial charge on any atom is -0.469 e. The number of nitro groups is 1. The highest BCUT2D eigenvalue weighted by atomic mass is 35.5. The SMILES string of the molecule is COCCN(CCC(=O)OC)c1ccc(Cl)cc1[N+](=O)[O-]. The summed E-state index contributed by atoms with van der Waals surface area (Å²) < 4.78 is 9.58. The highest BCUT2D eigenvalue weighted by Crippen LogP contribution is 2.31. The van der Waals surface area contributed by atoms with Crippen LogP contribution in [0.2, 0.25) is 5.02 Å². The normalized spacial score (nSPS) is 10.2. The van der Waals surface area contributed by atoms with Gasteiger partial charge in [-0.1, -0.05) is 11.6 Å². The highest BCUT2D eigenvalue weighted by Gasteiger charge is 2.20. The molecule has 0 N–H and O–H groups in total. The number of carbonyl (C=O) groups excluding carboxylic acids is 1. The summed E-state index contributed by atoms with van der Waals surface area (Å²) in [6.45, 7) is 1.08. The Hall–Kier alpha value is -1.86. The third kappa shape index (κ3) is 5.20. The maximum absolute atomic E-state index is 11.3. The number of carbonyl (C=O) groups is 1. The largest absolute Gasteiger partial charge is 0.469 e. The molecule has 0 radical (unpaired) electrons. The molecule has 0 fully saturated rings. The Balaban J connectivity index is 3.01. The second-order valence-electron chi connectivity index (χ2n) is 4.20. The molecule has 7 nitrogen and oxygen atoms in total. The molecule has 0 spiro atoms. The van der Waals surface area contributed by atoms with E-state index < -0.39 is 4.92 Å². The van der Waals surface area contributed by atoms with Crippen LogP contribution in [-0.2, 0) is 14.3 Å². The molecule has 0 heterocycles. The molecule has 8 heteroatoms. The smallest absolute Gasteiger partial charge is 0.307 e. The summed E-state index contributed by atoms with van der Waals surface area (Å²) >= 11 is 5.80. The van der Waals surface area contributed by atoms with E-state index in [1.54, 1.807) is 17.0 Å². The number of methoxy groups -OCH3 is 2. The van der Waals surface area contributed by atoms with Crippen molar-refractivity contribution in [3.8, 4) is 0 Å². The summed E-state index contributed by atoms with van der Waals surface area (Å²) in [5, 5.41) is 11.4. The first-order chi connectivity index (χ1) is 9.99. The molecular weight excluding hydrogens is 300 g/mol. The first kappa shape index (κ1) is 17.2. The zero-order valence-electron chi connectivity index (χ0n) is 11.9. The van der Waals surface area contributed by atoms with Crippen molar-refractivity contribution in [2.24, 2.45) is 0 Å². The number of nitro benzene ring substituents is 1. The number of benzene rings is 1. The van der Waals surface area contributed by atoms with Crippen LogP contribution in [0.25, 0.3) is 0 Å². The topological polar surface area (TPSA) is 81.9 Å². The van der Waals surface area contributed by atoms with Crippen LogP contribution in [0.1, 0.15) is 6.42 Å². The number of halogens is 1. The summed E-state index contributed by atoms with van der Waals surface area (Å²) in [6, 6.07) is 4.42. The molecule has 1 aromatic rings. The summed E-state index contributed by atoms with van der Waals surface area (Å²) in [6.07, 6.45) is 0.125. The molecule has 1 aromatic carbocycles. The van der Waals surface area contributed by atoms with Crippen LogP contribution in [0.4, 0.5) is 11.4 Å². The van der Waals surface area contributed by atoms with Crippen molar-refractivity contribution in [2.75, 3.05) is 38.8 Å². The average Bonchev–Trinajstić information content (AvgIpc) is 2.47. The first-order valence-electron chi connectivity index (χ1n) is 6.24. The van der Waals surface area contributed by atoms with Gasteiger partial charge in [-0.3, -0.25) is 14.9 Å². The van der Waals surface area contributed by atoms with Crippen LogP contribution in [0, 0.1) is 10.1 Å². The second-order valence-corrected chi connectivity index (χ2v) is 4.63. The van der Waals surface area contributed by atoms with E-state index in [1.807, 2.05) is 0 Å². The summed E-state index contributed by atoms with van der Waals surface area (Å²) in [5.41, 5.74) is 0.286. The first-order valence-corrected chi connectivity index (χ1v) is 6.62. The number of rotatable bonds is 8. The monoisotopic (exact) mass is 316 g/mol. The van der Waals surface area contributed by atoms with Crippen molar-refractivity contribution < 1.29 is 19.2 Å². The minimum atomic E-state index is -0.501. The molecule has 0 aliphatic carbocycles. The zero-order valence-corrected chi connectivity index (χ0v) is 12.6. The lowest BCUT2D eigenvalue weighted by molar-refractivity contribution is -0.384. The predicted molar refractivity (Wildman–Crippen MR) is 78.8 cm³/mol. The fraction of sp³-hybridized carbons (Fsp3) is 0.462. The van der Waals surface area contributed by atoms with Crippen molar-refractivity contribution in [2.45, 2.75) is 6.42 Å². The molecule has 0 unspecified atom stereocenters. The van der Waals surface area contributed by atoms with E-state index in [0.717, 1.165) is 0 Å². The summed E-state index contributed by atoms with van der Waals surface area (Å²) in [5.74, 6) is -0.381. The average molecular weight is 317 g/mol. The number of hydrogen-bond donors (Lipinski definition) is 0. The molecule has 1 rings (SSSR count). The molecule has 0 aliphatic heterocycles. The standard InChI is InChI=1S/C13H17ClN2O5/c1-20-8-7-15(6-5-13(17)21-2)11-4-3-10(14)9-12(11)16(18)19/h3-4,9H,5-8H2,1-2H3. The van der Waals surface area contributed by atoms with Crippen LogP contribution in [0.3, 0.4) is 0 Å². The van der Waals surface area contributed by atoms with Crippen molar-refractivity contribution in [3.05, 3.63) is 33.3 Å². The third-order valence-corrected chi connectivity index (χ3v) is 3.09. The molecular formula is C13H17ClN2O5. The van der Waals surface area contributed by atoms with Crippen LogP contribution in [0.15, 0.2) is 18.2 Å². The van der Waals surface area contributed by atoms with Gasteiger partial charge in [0.25, 0.3) is 5.69 Å². The van der Waals surface area contributed by atoms with E-state index in [9.17, 15) is 14.9 Å². The lowest BCUT2D eigenvalue weighted by atomic mass is 10.2. The van der Waals surface area contributed by atoms with E-state index in [4.69, 9.17) is 16.3 Å². The Morgan fingerprint density at radius 2 is 2.10 bits per heavy atom. The molecule has 0 aliphatic rings. The van der Waals surface area contributed by atoms with Crippen molar-refractivity contribution in [3.63, 3.8) is 0 Å². The summed E-state index contributed by atoms with van der Waals surface area (Å²) in [4.78, 5) is 23.6. The molecule has 0 saturated heterocycles. The fourth-order valence-corrected chi connectivity index (χ4v) is 1.96. The Morgan fingerprint density at radius 3 is 2.67 bits per heavy atom. The fourth-order valence-electron chi connectivity index (χ4n) is 1.79. The van der Waals surface area contributed by atoms with E-state index in [0.29, 0.717) is 25.4 Å². The summed E-state index contributed by atoms with van der Waals surface area (Å²) in [7, 11) is 2.83. The maximum Gasteiger partial charge on any atom is 0.307 e. The van der Waals surface area contributed by atoms with Crippen LogP contribution in [0.5, 0.6) is 0 Å². The molecule has 0 atom stereocenters. The van der Waals surface area contributed by atoms with Gasteiger partial charge in [0.05, 0.1) is 25.1 Å². The quantitative estimate of drug-likeness (QED) is 0.415. The second kappa shape index (κ2) is 8.43. The Morgan fingerprint density at radius 1 is 1.38 bits per heavy atom. The zero-order chi connectivity index (χ0) is 15.8. The van der Waals surface area contributed by atoms with Gasteiger partial charge in [-0.25, -0.2) is 0 Å². The van der Waals surface area contributed by atoms with Crippen molar-refractivity contribution in [1.29, 1.82) is 0 Å². The maximum atomic E-state index is 11.3. The van der Waals surface area contributed by atoms with Gasteiger partial charge in [-0.15, -0.1) is 0 Å². The van der Waals surface area contributed by atoms with E-state index in [1.165, 1.54) is 20.3 Å². The van der Waals surface area contributed by atoms with Crippen molar-refractivity contribution in [1.82, 2.24) is 0 Å². The lowest BCUT2D eigenvalue weighted by Crippen LogP contribution is -2.30. The number of anilines is 1. The van der Waals surface area contributed by atoms with Crippen molar-refractivity contribution >= 4 is 28.9 Å². The van der Waals surface area contributed by atoms with Gasteiger partial charge in [-0.2, -0.15) is 0 Å². The number of nitrogens with zero attached hydrogens (tertiary/aromatic N) is 2. The molecule has 0 amide bonds. The minimum absolute atomic E-state index is 0.108. The number of esters is 1. The molecule has 0 bridgehead atoms. The van der Waals surface area contributed by atoms with Gasteiger partial charge in [0.2, 0.25) is 0 Å². The van der Waals surface area contributed by atoms with Gasteiger partial charge in [0.15, 0.2) is 0 Å². The van der Waals surface area contributed by atoms with Gasteiger partial charge >= 0.3 is 5.97 Å². The Kier molecular flexibility index (Phi) is 6.90. The lowest BCUT2D eigenvalue weighted by Gasteiger charge is -2.23. The van der Waals surface area contributed by atoms with E-state index in [-0.39, 0.29) is 23.1 Å². The van der Waals surface area contributed by atoms with E-state index in [2.05, 4.69) is 4.74 Å². The Bertz CT molecular complexity index is 509. The van der Waals surface area contributed by atoms with Gasteiger partial charge in [-0.05, 0) is 12.1 Å². The van der Waals surface area contributed by atoms with Gasteiger partial charge in [0.1, 0.15) is 5.69 Å². The molecule has 21 heavy (non-hydrogen) atoms. The number of ether oxygens (including phenoxy) is 2. The van der Waals surface area contributed by atoms with Crippen LogP contribution in [-0.4, -0.2) is 44.8 Å². The Labute approximate surface area is 127 Å². The number of hydrogen-bond acceptors (Lipinski definition) is 6. The van der Waals surface area contributed by atoms with Gasteiger partial charge < -0.3 is 14.4 Å².